The van der Waals surface area contributed by atoms with Crippen molar-refractivity contribution < 1.29 is 4.79 Å². The molecular formula is C15H24N2O. The van der Waals surface area contributed by atoms with Crippen molar-refractivity contribution >= 4 is 11.6 Å². The van der Waals surface area contributed by atoms with Crippen molar-refractivity contribution in [1.29, 1.82) is 0 Å². The largest absolute Gasteiger partial charge is 0.388 e. The van der Waals surface area contributed by atoms with Crippen molar-refractivity contribution in [2.45, 2.75) is 39.0 Å². The number of carbonyl (C=O) groups is 1. The van der Waals surface area contributed by atoms with Gasteiger partial charge in [0.1, 0.15) is 0 Å². The van der Waals surface area contributed by atoms with E-state index in [2.05, 4.69) is 17.6 Å². The minimum absolute atomic E-state index is 0.0214. The third-order valence-electron chi connectivity index (χ3n) is 3.00. The second-order valence-electron chi connectivity index (χ2n) is 4.50. The number of carbonyl (C=O) groups excluding carboxylic acids is 1. The van der Waals surface area contributed by atoms with Crippen LogP contribution in [0.5, 0.6) is 0 Å². The molecule has 3 heteroatoms. The molecule has 1 aromatic carbocycles. The molecule has 100 valence electrons. The monoisotopic (exact) mass is 248 g/mol. The van der Waals surface area contributed by atoms with Gasteiger partial charge in [-0.1, -0.05) is 32.6 Å². The number of unbranched alkanes of at least 4 members (excludes halogenated alkanes) is 4. The fourth-order valence-corrected chi connectivity index (χ4v) is 1.82. The highest BCUT2D eigenvalue weighted by Gasteiger charge is 2.03. The van der Waals surface area contributed by atoms with Gasteiger partial charge < -0.3 is 10.6 Å². The lowest BCUT2D eigenvalue weighted by Crippen LogP contribution is -2.24. The Morgan fingerprint density at radius 3 is 2.33 bits per heavy atom. The lowest BCUT2D eigenvalue weighted by atomic mass is 10.1. The number of anilines is 1. The van der Waals surface area contributed by atoms with E-state index < -0.39 is 0 Å². The van der Waals surface area contributed by atoms with Gasteiger partial charge in [-0.3, -0.25) is 4.79 Å². The molecule has 0 aliphatic heterocycles. The van der Waals surface area contributed by atoms with Crippen molar-refractivity contribution in [2.75, 3.05) is 18.9 Å². The molecule has 2 N–H and O–H groups in total. The Morgan fingerprint density at radius 2 is 1.72 bits per heavy atom. The normalized spacial score (nSPS) is 10.1. The molecule has 0 aliphatic carbocycles. The quantitative estimate of drug-likeness (QED) is 0.692. The molecule has 0 radical (unpaired) electrons. The fraction of sp³-hybridized carbons (Fsp3) is 0.533. The molecule has 0 aromatic heterocycles. The Bertz CT molecular complexity index is 346. The van der Waals surface area contributed by atoms with E-state index >= 15 is 0 Å². The van der Waals surface area contributed by atoms with Crippen molar-refractivity contribution in [2.24, 2.45) is 0 Å². The molecular weight excluding hydrogens is 224 g/mol. The average molecular weight is 248 g/mol. The first-order valence-corrected chi connectivity index (χ1v) is 6.84. The lowest BCUT2D eigenvalue weighted by Gasteiger charge is -2.06. The van der Waals surface area contributed by atoms with Gasteiger partial charge in [0.15, 0.2) is 0 Å². The maximum Gasteiger partial charge on any atom is 0.251 e. The fourth-order valence-electron chi connectivity index (χ4n) is 1.82. The minimum atomic E-state index is 0.0214. The van der Waals surface area contributed by atoms with Crippen LogP contribution in [0.2, 0.25) is 0 Å². The van der Waals surface area contributed by atoms with Gasteiger partial charge in [0.2, 0.25) is 0 Å². The van der Waals surface area contributed by atoms with Gasteiger partial charge in [-0.15, -0.1) is 0 Å². The van der Waals surface area contributed by atoms with E-state index in [1.54, 1.807) is 0 Å². The summed E-state index contributed by atoms with van der Waals surface area (Å²) in [4.78, 5) is 11.8. The summed E-state index contributed by atoms with van der Waals surface area (Å²) in [6.45, 7) is 2.98. The van der Waals surface area contributed by atoms with E-state index in [1.165, 1.54) is 25.7 Å². The first-order valence-electron chi connectivity index (χ1n) is 6.84. The highest BCUT2D eigenvalue weighted by molar-refractivity contribution is 5.94. The molecule has 0 bridgehead atoms. The first-order chi connectivity index (χ1) is 8.77. The summed E-state index contributed by atoms with van der Waals surface area (Å²) in [6.07, 6.45) is 6.08. The smallest absolute Gasteiger partial charge is 0.251 e. The van der Waals surface area contributed by atoms with Crippen LogP contribution in [0, 0.1) is 0 Å². The van der Waals surface area contributed by atoms with Gasteiger partial charge >= 0.3 is 0 Å². The van der Waals surface area contributed by atoms with Gasteiger partial charge in [0.05, 0.1) is 0 Å². The van der Waals surface area contributed by atoms with Gasteiger partial charge in [-0.25, -0.2) is 0 Å². The Balaban J connectivity index is 2.23. The van der Waals surface area contributed by atoms with Crippen LogP contribution in [0.25, 0.3) is 0 Å². The predicted molar refractivity (Wildman–Crippen MR) is 77.1 cm³/mol. The second-order valence-corrected chi connectivity index (χ2v) is 4.50. The molecule has 0 aliphatic rings. The first kappa shape index (κ1) is 14.6. The summed E-state index contributed by atoms with van der Waals surface area (Å²) < 4.78 is 0. The Hall–Kier alpha value is -1.51. The van der Waals surface area contributed by atoms with Crippen LogP contribution >= 0.6 is 0 Å². The predicted octanol–water partition coefficient (Wildman–Crippen LogP) is 3.43. The van der Waals surface area contributed by atoms with E-state index in [-0.39, 0.29) is 5.91 Å². The summed E-state index contributed by atoms with van der Waals surface area (Å²) >= 11 is 0. The topological polar surface area (TPSA) is 41.1 Å². The Morgan fingerprint density at radius 1 is 1.06 bits per heavy atom. The van der Waals surface area contributed by atoms with Gasteiger partial charge in [0, 0.05) is 24.8 Å². The minimum Gasteiger partial charge on any atom is -0.388 e. The zero-order chi connectivity index (χ0) is 13.2. The van der Waals surface area contributed by atoms with Crippen LogP contribution in [-0.4, -0.2) is 19.5 Å². The van der Waals surface area contributed by atoms with E-state index in [9.17, 15) is 4.79 Å². The van der Waals surface area contributed by atoms with E-state index in [4.69, 9.17) is 0 Å². The Labute approximate surface area is 110 Å². The summed E-state index contributed by atoms with van der Waals surface area (Å²) in [5.41, 5.74) is 1.74. The molecule has 0 spiro atoms. The van der Waals surface area contributed by atoms with E-state index in [0.717, 1.165) is 24.2 Å². The van der Waals surface area contributed by atoms with Crippen LogP contribution < -0.4 is 10.6 Å². The molecule has 1 rings (SSSR count). The molecule has 0 heterocycles. The molecule has 1 aromatic rings. The van der Waals surface area contributed by atoms with Crippen molar-refractivity contribution in [3.63, 3.8) is 0 Å². The zero-order valence-electron chi connectivity index (χ0n) is 11.5. The molecule has 3 nitrogen and oxygen atoms in total. The van der Waals surface area contributed by atoms with E-state index in [0.29, 0.717) is 0 Å². The lowest BCUT2D eigenvalue weighted by molar-refractivity contribution is 0.0953. The molecule has 18 heavy (non-hydrogen) atoms. The Kier molecular flexibility index (Phi) is 6.92. The summed E-state index contributed by atoms with van der Waals surface area (Å²) in [5.74, 6) is 0.0214. The highest BCUT2D eigenvalue weighted by Crippen LogP contribution is 2.08. The molecule has 0 saturated carbocycles. The highest BCUT2D eigenvalue weighted by atomic mass is 16.1. The number of benzene rings is 1. The summed E-state index contributed by atoms with van der Waals surface area (Å²) in [5, 5.41) is 5.99. The number of hydrogen-bond donors (Lipinski definition) is 2. The van der Waals surface area contributed by atoms with Crippen LogP contribution in [0.15, 0.2) is 24.3 Å². The van der Waals surface area contributed by atoms with Crippen molar-refractivity contribution in [1.82, 2.24) is 5.32 Å². The van der Waals surface area contributed by atoms with Gasteiger partial charge in [0.25, 0.3) is 5.91 Å². The number of nitrogens with one attached hydrogen (secondary N) is 2. The van der Waals surface area contributed by atoms with Crippen LogP contribution in [-0.2, 0) is 0 Å². The van der Waals surface area contributed by atoms with Gasteiger partial charge in [-0.2, -0.15) is 0 Å². The number of rotatable bonds is 8. The van der Waals surface area contributed by atoms with Gasteiger partial charge in [-0.05, 0) is 30.7 Å². The molecule has 0 unspecified atom stereocenters. The molecule has 0 fully saturated rings. The average Bonchev–Trinajstić information content (AvgIpc) is 2.42. The second kappa shape index (κ2) is 8.56. The van der Waals surface area contributed by atoms with Crippen LogP contribution in [0.3, 0.4) is 0 Å². The maximum atomic E-state index is 11.8. The van der Waals surface area contributed by atoms with Crippen LogP contribution in [0.1, 0.15) is 49.4 Å². The maximum absolute atomic E-state index is 11.8. The zero-order valence-corrected chi connectivity index (χ0v) is 11.5. The summed E-state index contributed by atoms with van der Waals surface area (Å²) in [7, 11) is 1.87. The van der Waals surface area contributed by atoms with Crippen molar-refractivity contribution in [3.8, 4) is 0 Å². The number of amides is 1. The SMILES string of the molecule is CCCCCCCNC(=O)c1ccc(NC)cc1. The molecule has 1 amide bonds. The molecule has 0 saturated heterocycles. The van der Waals surface area contributed by atoms with Crippen molar-refractivity contribution in [3.05, 3.63) is 29.8 Å². The third-order valence-corrected chi connectivity index (χ3v) is 3.00. The van der Waals surface area contributed by atoms with E-state index in [1.807, 2.05) is 31.3 Å². The summed E-state index contributed by atoms with van der Waals surface area (Å²) in [6, 6.07) is 7.52. The third kappa shape index (κ3) is 5.21. The van der Waals surface area contributed by atoms with Crippen LogP contribution in [0.4, 0.5) is 5.69 Å². The molecule has 0 atom stereocenters. The standard InChI is InChI=1S/C15H24N2O/c1-3-4-5-6-7-12-17-15(18)13-8-10-14(16-2)11-9-13/h8-11,16H,3-7,12H2,1-2H3,(H,17,18). The number of hydrogen-bond acceptors (Lipinski definition) is 2.